The van der Waals surface area contributed by atoms with E-state index in [0.29, 0.717) is 16.4 Å². The zero-order valence-corrected chi connectivity index (χ0v) is 18.1. The maximum absolute atomic E-state index is 13.2. The highest BCUT2D eigenvalue weighted by atomic mass is 32.1. The molecule has 10 heteroatoms. The van der Waals surface area contributed by atoms with Crippen molar-refractivity contribution in [3.8, 4) is 5.13 Å². The number of rotatable bonds is 6. The zero-order chi connectivity index (χ0) is 22.7. The van der Waals surface area contributed by atoms with Crippen LogP contribution in [0, 0.1) is 0 Å². The Morgan fingerprint density at radius 2 is 1.88 bits per heavy atom. The predicted octanol–water partition coefficient (Wildman–Crippen LogP) is 2.64. The van der Waals surface area contributed by atoms with Crippen molar-refractivity contribution >= 4 is 39.1 Å². The van der Waals surface area contributed by atoms with Gasteiger partial charge in [0.15, 0.2) is 0 Å². The third-order valence-electron chi connectivity index (χ3n) is 4.71. The second-order valence-corrected chi connectivity index (χ2v) is 7.84. The van der Waals surface area contributed by atoms with Crippen molar-refractivity contribution < 1.29 is 14.3 Å². The summed E-state index contributed by atoms with van der Waals surface area (Å²) in [4.78, 5) is 42.0. The highest BCUT2D eigenvalue weighted by molar-refractivity contribution is 7.20. The first-order valence-electron chi connectivity index (χ1n) is 9.64. The third kappa shape index (κ3) is 4.21. The number of H-pyrrole nitrogens is 1. The number of hydrogen-bond acceptors (Lipinski definition) is 7. The van der Waals surface area contributed by atoms with Crippen molar-refractivity contribution in [3.05, 3.63) is 81.8 Å². The minimum absolute atomic E-state index is 0.168. The molecule has 2 aromatic carbocycles. The van der Waals surface area contributed by atoms with Crippen molar-refractivity contribution in [2.45, 2.75) is 13.3 Å². The lowest BCUT2D eigenvalue weighted by Crippen LogP contribution is -2.23. The molecule has 4 aromatic rings. The van der Waals surface area contributed by atoms with Gasteiger partial charge in [-0.15, -0.1) is 0 Å². The van der Waals surface area contributed by atoms with Crippen LogP contribution < -0.4 is 11.0 Å². The molecule has 0 atom stereocenters. The standard InChI is InChI=1S/C22H19N5O4S/c1-13(24-25-20(29)14-8-4-3-5-9-14)19-16(12-18(28)31-2)26-27(21(19)30)22-23-15-10-6-7-11-17(15)32-22/h3-11,26H,12H2,1-2H3,(H,25,29). The molecule has 0 aliphatic rings. The van der Waals surface area contributed by atoms with E-state index in [1.165, 1.54) is 23.1 Å². The number of carbonyl (C=O) groups excluding carboxylic acids is 2. The van der Waals surface area contributed by atoms with Crippen LogP contribution >= 0.6 is 11.3 Å². The van der Waals surface area contributed by atoms with Gasteiger partial charge < -0.3 is 4.74 Å². The number of nitrogens with one attached hydrogen (secondary N) is 2. The summed E-state index contributed by atoms with van der Waals surface area (Å²) in [5.41, 5.74) is 3.93. The van der Waals surface area contributed by atoms with Crippen LogP contribution in [0.25, 0.3) is 15.3 Å². The number of carbonyl (C=O) groups is 2. The molecule has 4 rings (SSSR count). The number of ether oxygens (including phenoxy) is 1. The fourth-order valence-corrected chi connectivity index (χ4v) is 4.06. The number of aromatic nitrogens is 3. The molecule has 0 unspecified atom stereocenters. The number of esters is 1. The van der Waals surface area contributed by atoms with Crippen molar-refractivity contribution in [1.29, 1.82) is 0 Å². The Labute approximate surface area is 186 Å². The van der Waals surface area contributed by atoms with Gasteiger partial charge in [-0.05, 0) is 31.2 Å². The molecule has 2 heterocycles. The molecule has 2 aromatic heterocycles. The van der Waals surface area contributed by atoms with E-state index in [2.05, 4.69) is 20.6 Å². The average Bonchev–Trinajstić information content (AvgIpc) is 3.38. The van der Waals surface area contributed by atoms with Crippen LogP contribution in [-0.4, -0.2) is 39.5 Å². The average molecular weight is 449 g/mol. The number of aromatic amines is 1. The van der Waals surface area contributed by atoms with Crippen LogP contribution in [0.4, 0.5) is 0 Å². The number of thiazole rings is 1. The normalized spacial score (nSPS) is 11.5. The van der Waals surface area contributed by atoms with E-state index in [1.54, 1.807) is 37.3 Å². The maximum atomic E-state index is 13.2. The Balaban J connectivity index is 1.73. The van der Waals surface area contributed by atoms with Gasteiger partial charge in [0.25, 0.3) is 11.5 Å². The van der Waals surface area contributed by atoms with Gasteiger partial charge >= 0.3 is 5.97 Å². The molecule has 162 valence electrons. The summed E-state index contributed by atoms with van der Waals surface area (Å²) in [7, 11) is 1.27. The summed E-state index contributed by atoms with van der Waals surface area (Å²) >= 11 is 1.33. The van der Waals surface area contributed by atoms with Crippen molar-refractivity contribution in [2.24, 2.45) is 5.10 Å². The van der Waals surface area contributed by atoms with Gasteiger partial charge in [0, 0.05) is 5.56 Å². The van der Waals surface area contributed by atoms with Crippen molar-refractivity contribution in [3.63, 3.8) is 0 Å². The van der Waals surface area contributed by atoms with Gasteiger partial charge in [-0.25, -0.2) is 10.4 Å². The number of amides is 1. The molecule has 0 saturated carbocycles. The van der Waals surface area contributed by atoms with Crippen LogP contribution in [0.3, 0.4) is 0 Å². The molecule has 0 aliphatic heterocycles. The van der Waals surface area contributed by atoms with E-state index in [0.717, 1.165) is 10.2 Å². The molecule has 0 saturated heterocycles. The molecule has 0 fully saturated rings. The SMILES string of the molecule is COC(=O)Cc1[nH]n(-c2nc3ccccc3s2)c(=O)c1C(C)=NNC(=O)c1ccccc1. The minimum atomic E-state index is -0.523. The maximum Gasteiger partial charge on any atom is 0.311 e. The second-order valence-electron chi connectivity index (χ2n) is 6.83. The Hall–Kier alpha value is -4.05. The quantitative estimate of drug-likeness (QED) is 0.267. The third-order valence-corrected chi connectivity index (χ3v) is 5.73. The molecular formula is C22H19N5O4S. The second kappa shape index (κ2) is 8.98. The molecule has 0 radical (unpaired) electrons. The fraction of sp³-hybridized carbons (Fsp3) is 0.136. The van der Waals surface area contributed by atoms with Crippen LogP contribution in [0.2, 0.25) is 0 Å². The van der Waals surface area contributed by atoms with E-state index in [1.807, 2.05) is 24.3 Å². The number of nitrogens with zero attached hydrogens (tertiary/aromatic N) is 3. The fourth-order valence-electron chi connectivity index (χ4n) is 3.14. The molecule has 0 bridgehead atoms. The number of hydrazone groups is 1. The number of para-hydroxylation sites is 1. The summed E-state index contributed by atoms with van der Waals surface area (Å²) < 4.78 is 6.95. The van der Waals surface area contributed by atoms with Gasteiger partial charge in [-0.2, -0.15) is 9.78 Å². The molecule has 2 N–H and O–H groups in total. The number of benzene rings is 2. The van der Waals surface area contributed by atoms with Crippen LogP contribution in [-0.2, 0) is 16.0 Å². The van der Waals surface area contributed by atoms with Gasteiger partial charge in [-0.1, -0.05) is 41.7 Å². The molecule has 9 nitrogen and oxygen atoms in total. The molecular weight excluding hydrogens is 430 g/mol. The smallest absolute Gasteiger partial charge is 0.311 e. The number of fused-ring (bicyclic) bond motifs is 1. The predicted molar refractivity (Wildman–Crippen MR) is 121 cm³/mol. The lowest BCUT2D eigenvalue weighted by molar-refractivity contribution is -0.139. The number of hydrogen-bond donors (Lipinski definition) is 2. The highest BCUT2D eigenvalue weighted by Crippen LogP contribution is 2.23. The monoisotopic (exact) mass is 449 g/mol. The van der Waals surface area contributed by atoms with E-state index in [4.69, 9.17) is 4.74 Å². The lowest BCUT2D eigenvalue weighted by atomic mass is 10.1. The lowest BCUT2D eigenvalue weighted by Gasteiger charge is -2.03. The number of methoxy groups -OCH3 is 1. The summed E-state index contributed by atoms with van der Waals surface area (Å²) in [5, 5.41) is 7.47. The minimum Gasteiger partial charge on any atom is -0.469 e. The van der Waals surface area contributed by atoms with E-state index < -0.39 is 17.4 Å². The summed E-state index contributed by atoms with van der Waals surface area (Å²) in [6.07, 6.45) is -0.168. The van der Waals surface area contributed by atoms with E-state index >= 15 is 0 Å². The van der Waals surface area contributed by atoms with Gasteiger partial charge in [0.05, 0.1) is 40.7 Å². The summed E-state index contributed by atoms with van der Waals surface area (Å²) in [6, 6.07) is 16.1. The van der Waals surface area contributed by atoms with Gasteiger partial charge in [0.1, 0.15) is 0 Å². The largest absolute Gasteiger partial charge is 0.469 e. The van der Waals surface area contributed by atoms with Gasteiger partial charge in [-0.3, -0.25) is 19.5 Å². The zero-order valence-electron chi connectivity index (χ0n) is 17.3. The van der Waals surface area contributed by atoms with E-state index in [-0.39, 0.29) is 17.7 Å². The van der Waals surface area contributed by atoms with Crippen molar-refractivity contribution in [2.75, 3.05) is 7.11 Å². The Kier molecular flexibility index (Phi) is 5.95. The van der Waals surface area contributed by atoms with Gasteiger partial charge in [0.2, 0.25) is 5.13 Å². The highest BCUT2D eigenvalue weighted by Gasteiger charge is 2.22. The Bertz CT molecular complexity index is 1350. The topological polar surface area (TPSA) is 118 Å². The first-order valence-corrected chi connectivity index (χ1v) is 10.5. The van der Waals surface area contributed by atoms with Crippen molar-refractivity contribution in [1.82, 2.24) is 20.2 Å². The Morgan fingerprint density at radius 3 is 2.59 bits per heavy atom. The first-order chi connectivity index (χ1) is 15.5. The Morgan fingerprint density at radius 1 is 1.16 bits per heavy atom. The summed E-state index contributed by atoms with van der Waals surface area (Å²) in [6.45, 7) is 1.58. The first kappa shape index (κ1) is 21.2. The van der Waals surface area contributed by atoms with E-state index in [9.17, 15) is 14.4 Å². The molecule has 0 spiro atoms. The summed E-state index contributed by atoms with van der Waals surface area (Å²) in [5.74, 6) is -0.938. The van der Waals surface area contributed by atoms with Crippen LogP contribution in [0.1, 0.15) is 28.5 Å². The van der Waals surface area contributed by atoms with Crippen LogP contribution in [0.15, 0.2) is 64.5 Å². The molecule has 32 heavy (non-hydrogen) atoms. The molecule has 0 aliphatic carbocycles. The molecule has 1 amide bonds. The van der Waals surface area contributed by atoms with Crippen LogP contribution in [0.5, 0.6) is 0 Å².